The number of nitrogens with zero attached hydrogens (tertiary/aromatic N) is 4. The number of nitrogens with two attached hydrogens (primary N) is 1. The summed E-state index contributed by atoms with van der Waals surface area (Å²) in [5.74, 6) is 0.821. The van der Waals surface area contributed by atoms with Crippen LogP contribution in [-0.2, 0) is 13.6 Å². The SMILES string of the molecule is Cn1ccnc1CN(C(=O)c1csc(N)n1)C1CC1. The molecule has 0 unspecified atom stereocenters. The van der Waals surface area contributed by atoms with Gasteiger partial charge in [0.2, 0.25) is 0 Å². The highest BCUT2D eigenvalue weighted by atomic mass is 32.1. The Hall–Kier alpha value is -1.89. The molecule has 6 nitrogen and oxygen atoms in total. The first kappa shape index (κ1) is 12.2. The second-order valence-electron chi connectivity index (χ2n) is 4.69. The molecule has 0 spiro atoms. The van der Waals surface area contributed by atoms with E-state index in [1.54, 1.807) is 11.6 Å². The average Bonchev–Trinajstić information content (AvgIpc) is 3.01. The summed E-state index contributed by atoms with van der Waals surface area (Å²) in [7, 11) is 1.93. The fourth-order valence-corrected chi connectivity index (χ4v) is 2.52. The van der Waals surface area contributed by atoms with Crippen molar-refractivity contribution in [2.75, 3.05) is 5.73 Å². The zero-order valence-electron chi connectivity index (χ0n) is 10.6. The van der Waals surface area contributed by atoms with Crippen LogP contribution in [0.4, 0.5) is 5.13 Å². The number of hydrogen-bond donors (Lipinski definition) is 1. The van der Waals surface area contributed by atoms with E-state index in [4.69, 9.17) is 5.73 Å². The lowest BCUT2D eigenvalue weighted by Crippen LogP contribution is -2.33. The van der Waals surface area contributed by atoms with E-state index in [-0.39, 0.29) is 5.91 Å². The summed E-state index contributed by atoms with van der Waals surface area (Å²) < 4.78 is 1.93. The van der Waals surface area contributed by atoms with Gasteiger partial charge in [-0.1, -0.05) is 0 Å². The van der Waals surface area contributed by atoms with Crippen molar-refractivity contribution in [3.8, 4) is 0 Å². The maximum atomic E-state index is 12.5. The largest absolute Gasteiger partial charge is 0.375 e. The fourth-order valence-electron chi connectivity index (χ4n) is 1.99. The Bertz CT molecular complexity index is 601. The lowest BCUT2D eigenvalue weighted by atomic mass is 10.3. The van der Waals surface area contributed by atoms with Crippen LogP contribution in [0.5, 0.6) is 0 Å². The number of carbonyl (C=O) groups excluding carboxylic acids is 1. The average molecular weight is 277 g/mol. The predicted octanol–water partition coefficient (Wildman–Crippen LogP) is 1.26. The summed E-state index contributed by atoms with van der Waals surface area (Å²) in [5, 5.41) is 2.14. The molecule has 3 rings (SSSR count). The van der Waals surface area contributed by atoms with Gasteiger partial charge in [-0.15, -0.1) is 11.3 Å². The third kappa shape index (κ3) is 2.46. The molecular weight excluding hydrogens is 262 g/mol. The molecule has 0 saturated heterocycles. The topological polar surface area (TPSA) is 77.0 Å². The Morgan fingerprint density at radius 2 is 2.42 bits per heavy atom. The Morgan fingerprint density at radius 1 is 1.63 bits per heavy atom. The van der Waals surface area contributed by atoms with E-state index in [0.29, 0.717) is 23.4 Å². The Balaban J connectivity index is 1.81. The summed E-state index contributed by atoms with van der Waals surface area (Å²) in [6, 6.07) is 0.312. The second-order valence-corrected chi connectivity index (χ2v) is 5.58. The molecule has 0 bridgehead atoms. The van der Waals surface area contributed by atoms with Crippen LogP contribution in [0.3, 0.4) is 0 Å². The molecular formula is C12H15N5OS. The smallest absolute Gasteiger partial charge is 0.274 e. The number of aryl methyl sites for hydroxylation is 1. The summed E-state index contributed by atoms with van der Waals surface area (Å²) in [6.45, 7) is 0.518. The van der Waals surface area contributed by atoms with Gasteiger partial charge in [0.1, 0.15) is 11.5 Å². The zero-order valence-corrected chi connectivity index (χ0v) is 11.4. The molecule has 19 heavy (non-hydrogen) atoms. The second kappa shape index (κ2) is 4.65. The van der Waals surface area contributed by atoms with Gasteiger partial charge in [0.05, 0.1) is 6.54 Å². The van der Waals surface area contributed by atoms with Crippen LogP contribution in [-0.4, -0.2) is 31.4 Å². The standard InChI is InChI=1S/C12H15N5OS/c1-16-5-4-14-10(16)6-17(8-2-3-8)11(18)9-7-19-12(13)15-9/h4-5,7-8H,2-3,6H2,1H3,(H2,13,15). The van der Waals surface area contributed by atoms with Gasteiger partial charge >= 0.3 is 0 Å². The number of thiazole rings is 1. The third-order valence-corrected chi connectivity index (χ3v) is 3.90. The van der Waals surface area contributed by atoms with Crippen LogP contribution in [0.15, 0.2) is 17.8 Å². The molecule has 2 aromatic rings. The molecule has 0 aliphatic heterocycles. The summed E-state index contributed by atoms with van der Waals surface area (Å²) >= 11 is 1.29. The lowest BCUT2D eigenvalue weighted by molar-refractivity contribution is 0.0719. The molecule has 0 radical (unpaired) electrons. The minimum atomic E-state index is -0.0570. The van der Waals surface area contributed by atoms with Gasteiger partial charge in [0.25, 0.3) is 5.91 Å². The Kier molecular flexibility index (Phi) is 2.98. The molecule has 1 aliphatic carbocycles. The number of rotatable bonds is 4. The van der Waals surface area contributed by atoms with Crippen molar-refractivity contribution in [1.82, 2.24) is 19.4 Å². The van der Waals surface area contributed by atoms with E-state index >= 15 is 0 Å². The van der Waals surface area contributed by atoms with Crippen molar-refractivity contribution >= 4 is 22.4 Å². The molecule has 0 atom stereocenters. The van der Waals surface area contributed by atoms with Crippen molar-refractivity contribution in [2.45, 2.75) is 25.4 Å². The highest BCUT2D eigenvalue weighted by Crippen LogP contribution is 2.30. The van der Waals surface area contributed by atoms with Crippen molar-refractivity contribution in [3.63, 3.8) is 0 Å². The van der Waals surface area contributed by atoms with E-state index < -0.39 is 0 Å². The molecule has 1 saturated carbocycles. The van der Waals surface area contributed by atoms with Crippen LogP contribution in [0, 0.1) is 0 Å². The van der Waals surface area contributed by atoms with Gasteiger partial charge in [0.15, 0.2) is 5.13 Å². The first-order valence-electron chi connectivity index (χ1n) is 6.13. The van der Waals surface area contributed by atoms with Crippen molar-refractivity contribution in [3.05, 3.63) is 29.3 Å². The molecule has 100 valence electrons. The van der Waals surface area contributed by atoms with Crippen LogP contribution in [0.1, 0.15) is 29.2 Å². The number of amides is 1. The first-order chi connectivity index (χ1) is 9.15. The van der Waals surface area contributed by atoms with Gasteiger partial charge in [0, 0.05) is 30.9 Å². The maximum absolute atomic E-state index is 12.5. The van der Waals surface area contributed by atoms with Crippen molar-refractivity contribution in [2.24, 2.45) is 7.05 Å². The minimum absolute atomic E-state index is 0.0570. The predicted molar refractivity (Wildman–Crippen MR) is 72.6 cm³/mol. The Labute approximate surface area is 114 Å². The number of nitrogen functional groups attached to an aromatic ring is 1. The van der Waals surface area contributed by atoms with E-state index in [1.165, 1.54) is 11.3 Å². The van der Waals surface area contributed by atoms with Gasteiger partial charge in [-0.2, -0.15) is 0 Å². The molecule has 2 heterocycles. The van der Waals surface area contributed by atoms with E-state index in [9.17, 15) is 4.79 Å². The van der Waals surface area contributed by atoms with Gasteiger partial charge in [-0.25, -0.2) is 9.97 Å². The molecule has 0 aromatic carbocycles. The number of carbonyl (C=O) groups is 1. The van der Waals surface area contributed by atoms with Crippen LogP contribution in [0.2, 0.25) is 0 Å². The van der Waals surface area contributed by atoms with Crippen molar-refractivity contribution < 1.29 is 4.79 Å². The third-order valence-electron chi connectivity index (χ3n) is 3.22. The summed E-state index contributed by atoms with van der Waals surface area (Å²) in [4.78, 5) is 22.6. The van der Waals surface area contributed by atoms with E-state index in [0.717, 1.165) is 18.7 Å². The zero-order chi connectivity index (χ0) is 13.4. The summed E-state index contributed by atoms with van der Waals surface area (Å²) in [5.41, 5.74) is 6.02. The normalized spacial score (nSPS) is 14.6. The highest BCUT2D eigenvalue weighted by Gasteiger charge is 2.34. The molecule has 2 aromatic heterocycles. The number of aromatic nitrogens is 3. The molecule has 1 aliphatic rings. The first-order valence-corrected chi connectivity index (χ1v) is 7.01. The van der Waals surface area contributed by atoms with Gasteiger partial charge in [-0.05, 0) is 12.8 Å². The molecule has 7 heteroatoms. The van der Waals surface area contributed by atoms with Crippen LogP contribution >= 0.6 is 11.3 Å². The molecule has 2 N–H and O–H groups in total. The van der Waals surface area contributed by atoms with E-state index in [2.05, 4.69) is 9.97 Å². The fraction of sp³-hybridized carbons (Fsp3) is 0.417. The number of hydrogen-bond acceptors (Lipinski definition) is 5. The summed E-state index contributed by atoms with van der Waals surface area (Å²) in [6.07, 6.45) is 5.73. The van der Waals surface area contributed by atoms with E-state index in [1.807, 2.05) is 22.7 Å². The molecule has 1 amide bonds. The van der Waals surface area contributed by atoms with Crippen molar-refractivity contribution in [1.29, 1.82) is 0 Å². The van der Waals surface area contributed by atoms with Gasteiger partial charge in [-0.3, -0.25) is 4.79 Å². The number of anilines is 1. The monoisotopic (exact) mass is 277 g/mol. The maximum Gasteiger partial charge on any atom is 0.274 e. The van der Waals surface area contributed by atoms with Crippen LogP contribution < -0.4 is 5.73 Å². The highest BCUT2D eigenvalue weighted by molar-refractivity contribution is 7.13. The molecule has 1 fully saturated rings. The number of imidazole rings is 1. The lowest BCUT2D eigenvalue weighted by Gasteiger charge is -2.21. The van der Waals surface area contributed by atoms with Crippen LogP contribution in [0.25, 0.3) is 0 Å². The van der Waals surface area contributed by atoms with Gasteiger partial charge < -0.3 is 15.2 Å². The Morgan fingerprint density at radius 3 is 2.95 bits per heavy atom. The quantitative estimate of drug-likeness (QED) is 0.912. The minimum Gasteiger partial charge on any atom is -0.375 e.